The highest BCUT2D eigenvalue weighted by atomic mass is 32.3. The van der Waals surface area contributed by atoms with E-state index in [9.17, 15) is 4.79 Å². The molecular formula is C31H48FN3O2S. The first kappa shape index (κ1) is 29.1. The van der Waals surface area contributed by atoms with Crippen molar-refractivity contribution in [3.63, 3.8) is 0 Å². The molecule has 2 saturated heterocycles. The van der Waals surface area contributed by atoms with Gasteiger partial charge in [-0.15, -0.1) is 10.2 Å². The molecule has 0 atom stereocenters. The van der Waals surface area contributed by atoms with Crippen LogP contribution in [0.1, 0.15) is 84.3 Å². The molecule has 0 aliphatic carbocycles. The number of benzene rings is 1. The van der Waals surface area contributed by atoms with Crippen LogP contribution in [0, 0.1) is 17.1 Å². The normalized spacial score (nSPS) is 22.3. The van der Waals surface area contributed by atoms with Crippen LogP contribution in [0.5, 0.6) is 5.75 Å². The van der Waals surface area contributed by atoms with Crippen LogP contribution in [0.25, 0.3) is 0 Å². The summed E-state index contributed by atoms with van der Waals surface area (Å²) >= 11 is 0. The summed E-state index contributed by atoms with van der Waals surface area (Å²) in [6.45, 7) is 13.4. The van der Waals surface area contributed by atoms with Gasteiger partial charge in [-0.05, 0) is 87.8 Å². The molecule has 212 valence electrons. The number of piperidine rings is 1. The first-order valence-electron chi connectivity index (χ1n) is 14.6. The first-order chi connectivity index (χ1) is 18.1. The summed E-state index contributed by atoms with van der Waals surface area (Å²) in [5.74, 6) is 2.84. The van der Waals surface area contributed by atoms with E-state index < -0.39 is 15.6 Å². The molecular weight excluding hydrogens is 497 g/mol. The van der Waals surface area contributed by atoms with Gasteiger partial charge in [0.1, 0.15) is 11.6 Å². The van der Waals surface area contributed by atoms with Crippen molar-refractivity contribution in [3.05, 3.63) is 40.3 Å². The molecule has 7 heteroatoms. The molecule has 0 spiro atoms. The van der Waals surface area contributed by atoms with Gasteiger partial charge in [0.15, 0.2) is 0 Å². The zero-order valence-corrected chi connectivity index (χ0v) is 25.2. The lowest BCUT2D eigenvalue weighted by molar-refractivity contribution is -0.109. The fraction of sp³-hybridized carbons (Fsp3) is 0.677. The van der Waals surface area contributed by atoms with Crippen molar-refractivity contribution < 1.29 is 13.9 Å². The Hall–Kier alpha value is -1.86. The van der Waals surface area contributed by atoms with Gasteiger partial charge < -0.3 is 15.0 Å². The number of ether oxygens (including phenoxy) is 1. The molecule has 3 aliphatic heterocycles. The van der Waals surface area contributed by atoms with E-state index in [0.29, 0.717) is 53.9 Å². The zero-order chi connectivity index (χ0) is 27.7. The predicted octanol–water partition coefficient (Wildman–Crippen LogP) is 6.84. The molecule has 0 aromatic heterocycles. The molecule has 3 aliphatic rings. The second kappa shape index (κ2) is 11.7. The maximum absolute atomic E-state index is 15.9. The predicted molar refractivity (Wildman–Crippen MR) is 158 cm³/mol. The Bertz CT molecular complexity index is 1090. The molecule has 5 nitrogen and oxygen atoms in total. The number of aryl methyl sites for hydroxylation is 1. The summed E-state index contributed by atoms with van der Waals surface area (Å²) in [6.07, 6.45) is 6.02. The molecule has 2 fully saturated rings. The number of hydrogen-bond acceptors (Lipinski definition) is 5. The minimum absolute atomic E-state index is 0.253. The average Bonchev–Trinajstić information content (AvgIpc) is 2.85. The van der Waals surface area contributed by atoms with Gasteiger partial charge in [0.2, 0.25) is 5.12 Å². The van der Waals surface area contributed by atoms with Crippen molar-refractivity contribution in [2.24, 2.45) is 5.92 Å². The Morgan fingerprint density at radius 2 is 1.87 bits per heavy atom. The Balaban J connectivity index is 1.59. The molecule has 1 aromatic rings. The smallest absolute Gasteiger partial charge is 0.212 e. The molecule has 0 amide bonds. The van der Waals surface area contributed by atoms with Gasteiger partial charge in [0.05, 0.1) is 6.61 Å². The van der Waals surface area contributed by atoms with E-state index >= 15 is 4.39 Å². The van der Waals surface area contributed by atoms with Crippen molar-refractivity contribution in [1.29, 1.82) is 5.41 Å². The van der Waals surface area contributed by atoms with E-state index in [-0.39, 0.29) is 5.82 Å². The van der Waals surface area contributed by atoms with Crippen LogP contribution in [-0.2, 0) is 16.6 Å². The van der Waals surface area contributed by atoms with Crippen molar-refractivity contribution >= 4 is 21.0 Å². The lowest BCUT2D eigenvalue weighted by Gasteiger charge is -2.57. The van der Waals surface area contributed by atoms with Gasteiger partial charge in [-0.3, -0.25) is 9.10 Å². The highest BCUT2D eigenvalue weighted by Gasteiger charge is 2.50. The van der Waals surface area contributed by atoms with Gasteiger partial charge in [-0.1, -0.05) is 20.8 Å². The lowest BCUT2D eigenvalue weighted by atomic mass is 9.68. The summed E-state index contributed by atoms with van der Waals surface area (Å²) in [5.41, 5.74) is 3.71. The Morgan fingerprint density at radius 3 is 2.42 bits per heavy atom. The topological polar surface area (TPSA) is 56.6 Å². The molecule has 0 radical (unpaired) electrons. The minimum Gasteiger partial charge on any atom is -0.493 e. The Morgan fingerprint density at radius 1 is 1.18 bits per heavy atom. The summed E-state index contributed by atoms with van der Waals surface area (Å²) < 4.78 is 24.3. The molecule has 0 unspecified atom stereocenters. The van der Waals surface area contributed by atoms with Gasteiger partial charge in [-0.2, -0.15) is 0 Å². The molecule has 0 saturated carbocycles. The van der Waals surface area contributed by atoms with E-state index in [1.165, 1.54) is 6.07 Å². The highest BCUT2D eigenvalue weighted by Crippen LogP contribution is 2.63. The van der Waals surface area contributed by atoms with Crippen molar-refractivity contribution in [2.45, 2.75) is 85.0 Å². The maximum atomic E-state index is 15.9. The first-order valence-corrected chi connectivity index (χ1v) is 16.5. The number of nitrogens with zero attached hydrogens (tertiary/aromatic N) is 2. The minimum atomic E-state index is -1.52. The SMILES string of the molecule is CCc1cc(OCCC(C)C)cc(F)c1C1(C(C)=N)CCN(S2(C(=O)C3=C(C)N(C)CCC3)CCC2)CC1. The van der Waals surface area contributed by atoms with Crippen LogP contribution >= 0.6 is 10.2 Å². The number of allylic oxidation sites excluding steroid dienone is 1. The van der Waals surface area contributed by atoms with Crippen LogP contribution in [-0.4, -0.2) is 64.8 Å². The number of carbonyl (C=O) groups is 1. The van der Waals surface area contributed by atoms with Crippen LogP contribution < -0.4 is 4.74 Å². The Labute approximate surface area is 231 Å². The maximum Gasteiger partial charge on any atom is 0.212 e. The Kier molecular flexibility index (Phi) is 8.98. The van der Waals surface area contributed by atoms with Crippen LogP contribution in [0.2, 0.25) is 0 Å². The van der Waals surface area contributed by atoms with Crippen LogP contribution in [0.4, 0.5) is 4.39 Å². The summed E-state index contributed by atoms with van der Waals surface area (Å²) in [6, 6.07) is 3.52. The fourth-order valence-electron chi connectivity index (χ4n) is 6.51. The summed E-state index contributed by atoms with van der Waals surface area (Å²) in [7, 11) is 0.575. The van der Waals surface area contributed by atoms with E-state index in [2.05, 4.69) is 43.9 Å². The summed E-state index contributed by atoms with van der Waals surface area (Å²) in [4.78, 5) is 16.3. The molecule has 1 aromatic carbocycles. The van der Waals surface area contributed by atoms with Crippen LogP contribution in [0.3, 0.4) is 0 Å². The number of carbonyl (C=O) groups excluding carboxylic acids is 1. The highest BCUT2D eigenvalue weighted by molar-refractivity contribution is 8.44. The van der Waals surface area contributed by atoms with Gasteiger partial charge in [0, 0.05) is 60.7 Å². The molecule has 1 N–H and O–H groups in total. The third-order valence-corrected chi connectivity index (χ3v) is 13.5. The van der Waals surface area contributed by atoms with E-state index in [0.717, 1.165) is 73.7 Å². The lowest BCUT2D eigenvalue weighted by Crippen LogP contribution is -2.52. The average molecular weight is 546 g/mol. The largest absolute Gasteiger partial charge is 0.493 e. The standard InChI is InChI=1S/C31H48FN3O2S/c1-7-25-20-26(37-17-11-22(2)3)21-28(32)29(25)31(24(5)33)12-15-35(16-13-31)38(18-9-19-38)30(36)27-10-8-14-34(6)23(27)4/h20-22,33H,7-19H2,1-6H3. The van der Waals surface area contributed by atoms with Crippen molar-refractivity contribution in [2.75, 3.05) is 44.8 Å². The quantitative estimate of drug-likeness (QED) is 0.345. The molecule has 0 bridgehead atoms. The monoisotopic (exact) mass is 545 g/mol. The number of nitrogens with one attached hydrogen (secondary N) is 1. The van der Waals surface area contributed by atoms with E-state index in [1.54, 1.807) is 0 Å². The molecule has 4 rings (SSSR count). The molecule has 3 heterocycles. The van der Waals surface area contributed by atoms with Gasteiger partial charge in [0.25, 0.3) is 0 Å². The fourth-order valence-corrected chi connectivity index (χ4v) is 10.1. The third kappa shape index (κ3) is 5.30. The summed E-state index contributed by atoms with van der Waals surface area (Å²) in [5, 5.41) is 9.24. The number of halogens is 1. The van der Waals surface area contributed by atoms with Gasteiger partial charge in [-0.25, -0.2) is 4.39 Å². The van der Waals surface area contributed by atoms with Crippen molar-refractivity contribution in [1.82, 2.24) is 9.21 Å². The van der Waals surface area contributed by atoms with Gasteiger partial charge >= 0.3 is 0 Å². The number of rotatable bonds is 9. The van der Waals surface area contributed by atoms with Crippen molar-refractivity contribution in [3.8, 4) is 5.75 Å². The van der Waals surface area contributed by atoms with E-state index in [1.807, 2.05) is 13.0 Å². The van der Waals surface area contributed by atoms with E-state index in [4.69, 9.17) is 10.1 Å². The third-order valence-electron chi connectivity index (χ3n) is 9.24. The molecule has 38 heavy (non-hydrogen) atoms. The van der Waals surface area contributed by atoms with Crippen LogP contribution in [0.15, 0.2) is 23.4 Å². The second-order valence-electron chi connectivity index (χ2n) is 11.9. The number of hydrogen-bond donors (Lipinski definition) is 1. The second-order valence-corrected chi connectivity index (χ2v) is 15.3. The zero-order valence-electron chi connectivity index (χ0n) is 24.4.